The summed E-state index contributed by atoms with van der Waals surface area (Å²) in [5.74, 6) is 0. The molecule has 54 valence electrons. The van der Waals surface area contributed by atoms with Crippen LogP contribution >= 0.6 is 11.9 Å². The van der Waals surface area contributed by atoms with Crippen LogP contribution in [-0.4, -0.2) is 19.9 Å². The minimum atomic E-state index is -2.92. The van der Waals surface area contributed by atoms with Crippen LogP contribution in [0.2, 0.25) is 0 Å². The first-order chi connectivity index (χ1) is 4.17. The lowest BCUT2D eigenvalue weighted by molar-refractivity contribution is 0.593. The van der Waals surface area contributed by atoms with E-state index in [1.54, 1.807) is 6.26 Å². The Balaban J connectivity index is 2.51. The SMILES string of the molecule is CSNS(=O)(=O)C1CC1. The Morgan fingerprint density at radius 3 is 2.44 bits per heavy atom. The largest absolute Gasteiger partial charge is 0.223 e. The molecule has 0 radical (unpaired) electrons. The van der Waals surface area contributed by atoms with Crippen LogP contribution in [0.4, 0.5) is 0 Å². The second-order valence-corrected chi connectivity index (χ2v) is 4.86. The summed E-state index contributed by atoms with van der Waals surface area (Å²) in [7, 11) is -2.92. The molecule has 1 saturated carbocycles. The Bertz CT molecular complexity index is 183. The minimum Gasteiger partial charge on any atom is -0.211 e. The lowest BCUT2D eigenvalue weighted by Crippen LogP contribution is -2.20. The number of hydrogen-bond acceptors (Lipinski definition) is 3. The van der Waals surface area contributed by atoms with Crippen LogP contribution in [0.25, 0.3) is 0 Å². The van der Waals surface area contributed by atoms with Crippen molar-refractivity contribution in [3.05, 3.63) is 0 Å². The molecule has 0 unspecified atom stereocenters. The molecule has 9 heavy (non-hydrogen) atoms. The summed E-state index contributed by atoms with van der Waals surface area (Å²) < 4.78 is 24.1. The van der Waals surface area contributed by atoms with E-state index < -0.39 is 10.0 Å². The molecular weight excluding hydrogens is 158 g/mol. The van der Waals surface area contributed by atoms with Crippen molar-refractivity contribution in [1.29, 1.82) is 0 Å². The van der Waals surface area contributed by atoms with Gasteiger partial charge in [-0.1, -0.05) is 11.9 Å². The zero-order chi connectivity index (χ0) is 6.91. The Labute approximate surface area is 59.4 Å². The normalized spacial score (nSPS) is 20.1. The molecule has 0 aromatic rings. The molecule has 1 rings (SSSR count). The highest BCUT2D eigenvalue weighted by atomic mass is 32.3. The maximum Gasteiger partial charge on any atom is 0.223 e. The van der Waals surface area contributed by atoms with Crippen LogP contribution < -0.4 is 4.13 Å². The highest BCUT2D eigenvalue weighted by Crippen LogP contribution is 2.27. The van der Waals surface area contributed by atoms with E-state index in [0.29, 0.717) is 0 Å². The molecule has 0 aromatic carbocycles. The Morgan fingerprint density at radius 2 is 2.11 bits per heavy atom. The van der Waals surface area contributed by atoms with Gasteiger partial charge < -0.3 is 0 Å². The average molecular weight is 167 g/mol. The Kier molecular flexibility index (Phi) is 2.03. The maximum atomic E-state index is 10.9. The van der Waals surface area contributed by atoms with Gasteiger partial charge in [-0.2, -0.15) is 4.13 Å². The van der Waals surface area contributed by atoms with Gasteiger partial charge in [-0.15, -0.1) is 0 Å². The fourth-order valence-corrected chi connectivity index (χ4v) is 2.79. The van der Waals surface area contributed by atoms with E-state index in [0.717, 1.165) is 24.8 Å². The lowest BCUT2D eigenvalue weighted by Gasteiger charge is -1.98. The van der Waals surface area contributed by atoms with Gasteiger partial charge in [0.2, 0.25) is 10.0 Å². The zero-order valence-electron chi connectivity index (χ0n) is 5.12. The van der Waals surface area contributed by atoms with Crippen LogP contribution in [0, 0.1) is 0 Å². The second kappa shape index (κ2) is 2.48. The molecule has 0 heterocycles. The molecule has 0 aromatic heterocycles. The molecular formula is C4H9NO2S2. The van der Waals surface area contributed by atoms with Crippen LogP contribution in [0.5, 0.6) is 0 Å². The van der Waals surface area contributed by atoms with Gasteiger partial charge in [-0.3, -0.25) is 0 Å². The molecule has 3 nitrogen and oxygen atoms in total. The summed E-state index contributed by atoms with van der Waals surface area (Å²) in [5, 5.41) is -0.0926. The molecule has 0 saturated heterocycles. The quantitative estimate of drug-likeness (QED) is 0.617. The molecule has 1 aliphatic rings. The fourth-order valence-electron chi connectivity index (χ4n) is 0.563. The summed E-state index contributed by atoms with van der Waals surface area (Å²) in [6.07, 6.45) is 3.37. The third-order valence-corrected chi connectivity index (χ3v) is 4.11. The number of rotatable bonds is 3. The topological polar surface area (TPSA) is 46.2 Å². The van der Waals surface area contributed by atoms with Gasteiger partial charge in [-0.25, -0.2) is 8.42 Å². The first-order valence-electron chi connectivity index (χ1n) is 2.70. The molecule has 0 aliphatic heterocycles. The third kappa shape index (κ3) is 1.84. The van der Waals surface area contributed by atoms with Crippen LogP contribution in [0.15, 0.2) is 0 Å². The summed E-state index contributed by atoms with van der Waals surface area (Å²) >= 11 is 1.14. The van der Waals surface area contributed by atoms with E-state index in [4.69, 9.17) is 0 Å². The van der Waals surface area contributed by atoms with Gasteiger partial charge in [0.1, 0.15) is 0 Å². The van der Waals surface area contributed by atoms with Crippen molar-refractivity contribution in [2.24, 2.45) is 0 Å². The lowest BCUT2D eigenvalue weighted by atomic mass is 11.0. The highest BCUT2D eigenvalue weighted by molar-refractivity contribution is 8.09. The van der Waals surface area contributed by atoms with Gasteiger partial charge in [-0.05, 0) is 19.1 Å². The molecule has 0 spiro atoms. The van der Waals surface area contributed by atoms with E-state index in [1.807, 2.05) is 0 Å². The predicted octanol–water partition coefficient (Wildman–Crippen LogP) is 0.346. The van der Waals surface area contributed by atoms with Crippen molar-refractivity contribution < 1.29 is 8.42 Å². The zero-order valence-corrected chi connectivity index (χ0v) is 6.76. The molecule has 0 atom stereocenters. The van der Waals surface area contributed by atoms with Gasteiger partial charge in [0.15, 0.2) is 0 Å². The van der Waals surface area contributed by atoms with Gasteiger partial charge in [0, 0.05) is 0 Å². The van der Waals surface area contributed by atoms with Gasteiger partial charge in [0.25, 0.3) is 0 Å². The minimum absolute atomic E-state index is 0.0926. The van der Waals surface area contributed by atoms with Crippen LogP contribution in [-0.2, 0) is 10.0 Å². The third-order valence-electron chi connectivity index (χ3n) is 1.16. The van der Waals surface area contributed by atoms with E-state index in [1.165, 1.54) is 0 Å². The van der Waals surface area contributed by atoms with E-state index in [9.17, 15) is 8.42 Å². The second-order valence-electron chi connectivity index (χ2n) is 2.03. The number of hydrogen-bond donors (Lipinski definition) is 1. The molecule has 1 N–H and O–H groups in total. The summed E-state index contributed by atoms with van der Waals surface area (Å²) in [4.78, 5) is 0. The highest BCUT2D eigenvalue weighted by Gasteiger charge is 2.35. The van der Waals surface area contributed by atoms with E-state index >= 15 is 0 Å². The first kappa shape index (κ1) is 7.37. The van der Waals surface area contributed by atoms with Crippen molar-refractivity contribution in [3.8, 4) is 0 Å². The monoisotopic (exact) mass is 167 g/mol. The van der Waals surface area contributed by atoms with Gasteiger partial charge in [0.05, 0.1) is 5.25 Å². The van der Waals surface area contributed by atoms with E-state index in [2.05, 4.69) is 4.13 Å². The fraction of sp³-hybridized carbons (Fsp3) is 1.00. The van der Waals surface area contributed by atoms with Crippen molar-refractivity contribution in [2.75, 3.05) is 6.26 Å². The van der Waals surface area contributed by atoms with Crippen molar-refractivity contribution >= 4 is 22.0 Å². The summed E-state index contributed by atoms with van der Waals surface area (Å²) in [6.45, 7) is 0. The molecule has 1 aliphatic carbocycles. The van der Waals surface area contributed by atoms with Crippen molar-refractivity contribution in [1.82, 2.24) is 4.13 Å². The maximum absolute atomic E-state index is 10.9. The van der Waals surface area contributed by atoms with E-state index in [-0.39, 0.29) is 5.25 Å². The smallest absolute Gasteiger partial charge is 0.211 e. The first-order valence-corrected chi connectivity index (χ1v) is 5.47. The summed E-state index contributed by atoms with van der Waals surface area (Å²) in [5.41, 5.74) is 0. The van der Waals surface area contributed by atoms with Gasteiger partial charge >= 0.3 is 0 Å². The molecule has 0 amide bonds. The molecule has 1 fully saturated rings. The molecule has 0 bridgehead atoms. The Hall–Kier alpha value is 0.260. The average Bonchev–Trinajstić information content (AvgIpc) is 2.41. The predicted molar refractivity (Wildman–Crippen MR) is 38.6 cm³/mol. The number of nitrogens with one attached hydrogen (secondary N) is 1. The Morgan fingerprint density at radius 1 is 1.56 bits per heavy atom. The summed E-state index contributed by atoms with van der Waals surface area (Å²) in [6, 6.07) is 0. The van der Waals surface area contributed by atoms with Crippen molar-refractivity contribution in [2.45, 2.75) is 18.1 Å². The number of sulfonamides is 1. The van der Waals surface area contributed by atoms with Crippen molar-refractivity contribution in [3.63, 3.8) is 0 Å². The van der Waals surface area contributed by atoms with Crippen LogP contribution in [0.3, 0.4) is 0 Å². The van der Waals surface area contributed by atoms with Crippen LogP contribution in [0.1, 0.15) is 12.8 Å². The standard InChI is InChI=1S/C4H9NO2S2/c1-8-5-9(6,7)4-2-3-4/h4-5H,2-3H2,1H3. The molecule has 5 heteroatoms.